The molecule has 4 nitrogen and oxygen atoms in total. The van der Waals surface area contributed by atoms with Crippen molar-refractivity contribution in [1.82, 2.24) is 5.32 Å². The molecule has 0 aliphatic heterocycles. The van der Waals surface area contributed by atoms with Crippen LogP contribution in [0.3, 0.4) is 0 Å². The topological polar surface area (TPSA) is 51.5 Å². The number of amides is 1. The lowest BCUT2D eigenvalue weighted by Crippen LogP contribution is -2.22. The van der Waals surface area contributed by atoms with Crippen LogP contribution in [-0.4, -0.2) is 13.0 Å². The Bertz CT molecular complexity index is 811. The number of furan rings is 1. The molecule has 0 atom stereocenters. The fraction of sp³-hybridized carbons (Fsp3) is 0.118. The number of ether oxygens (including phenoxy) is 1. The monoisotopic (exact) mass is 347 g/mol. The van der Waals surface area contributed by atoms with Crippen LogP contribution in [0.25, 0.3) is 11.1 Å². The van der Waals surface area contributed by atoms with Gasteiger partial charge < -0.3 is 14.5 Å². The lowest BCUT2D eigenvalue weighted by atomic mass is 10.1. The van der Waals surface area contributed by atoms with E-state index in [2.05, 4.69) is 5.32 Å². The molecule has 0 aliphatic carbocycles. The summed E-state index contributed by atoms with van der Waals surface area (Å²) in [6.07, 6.45) is 3.33. The molecule has 2 aromatic heterocycles. The van der Waals surface area contributed by atoms with Gasteiger partial charge in [0.15, 0.2) is 0 Å². The predicted octanol–water partition coefficient (Wildman–Crippen LogP) is 4.60. The lowest BCUT2D eigenvalue weighted by molar-refractivity contribution is 0.0948. The van der Waals surface area contributed by atoms with Gasteiger partial charge in [-0.2, -0.15) is 0 Å². The Balaban J connectivity index is 1.69. The van der Waals surface area contributed by atoms with Gasteiger partial charge in [-0.05, 0) is 41.3 Å². The van der Waals surface area contributed by atoms with Gasteiger partial charge in [0.05, 0.1) is 31.7 Å². The van der Waals surface area contributed by atoms with Gasteiger partial charge in [0.25, 0.3) is 5.91 Å². The number of rotatable bonds is 5. The highest BCUT2D eigenvalue weighted by atomic mass is 35.5. The largest absolute Gasteiger partial charge is 0.496 e. The van der Waals surface area contributed by atoms with E-state index in [9.17, 15) is 4.79 Å². The van der Waals surface area contributed by atoms with Crippen LogP contribution in [0.5, 0.6) is 5.75 Å². The third-order valence-electron chi connectivity index (χ3n) is 3.34. The van der Waals surface area contributed by atoms with E-state index < -0.39 is 0 Å². The van der Waals surface area contributed by atoms with Crippen LogP contribution >= 0.6 is 22.9 Å². The Labute approximate surface area is 142 Å². The second-order valence-electron chi connectivity index (χ2n) is 4.84. The van der Waals surface area contributed by atoms with Crippen LogP contribution in [0.4, 0.5) is 0 Å². The zero-order valence-corrected chi connectivity index (χ0v) is 13.9. The van der Waals surface area contributed by atoms with E-state index >= 15 is 0 Å². The molecular weight excluding hydrogens is 334 g/mol. The lowest BCUT2D eigenvalue weighted by Gasteiger charge is -2.09. The zero-order valence-electron chi connectivity index (χ0n) is 12.3. The molecule has 23 heavy (non-hydrogen) atoms. The molecule has 3 rings (SSSR count). The normalized spacial score (nSPS) is 10.5. The number of hydrogen-bond acceptors (Lipinski definition) is 4. The van der Waals surface area contributed by atoms with Crippen molar-refractivity contribution in [2.45, 2.75) is 6.54 Å². The number of thiophene rings is 1. The number of benzene rings is 1. The Morgan fingerprint density at radius 1 is 1.30 bits per heavy atom. The van der Waals surface area contributed by atoms with Crippen LogP contribution in [0.1, 0.15) is 15.2 Å². The molecule has 0 radical (unpaired) electrons. The van der Waals surface area contributed by atoms with Crippen molar-refractivity contribution < 1.29 is 13.9 Å². The highest BCUT2D eigenvalue weighted by Gasteiger charge is 2.13. The first kappa shape index (κ1) is 15.6. The van der Waals surface area contributed by atoms with Gasteiger partial charge in [0.1, 0.15) is 5.75 Å². The van der Waals surface area contributed by atoms with Gasteiger partial charge in [-0.25, -0.2) is 0 Å². The highest BCUT2D eigenvalue weighted by Crippen LogP contribution is 2.26. The van der Waals surface area contributed by atoms with E-state index in [4.69, 9.17) is 20.8 Å². The van der Waals surface area contributed by atoms with Crippen LogP contribution in [0, 0.1) is 0 Å². The average Bonchev–Trinajstić information content (AvgIpc) is 3.23. The van der Waals surface area contributed by atoms with Gasteiger partial charge in [0, 0.05) is 15.5 Å². The number of carbonyl (C=O) groups is 1. The fourth-order valence-electron chi connectivity index (χ4n) is 2.17. The zero-order chi connectivity index (χ0) is 16.2. The van der Waals surface area contributed by atoms with Crippen molar-refractivity contribution in [3.8, 4) is 16.9 Å². The smallest absolute Gasteiger partial charge is 0.255 e. The first-order valence-electron chi connectivity index (χ1n) is 6.89. The molecular formula is C17H14ClNO3S. The number of carbonyl (C=O) groups excluding carboxylic acids is 1. The summed E-state index contributed by atoms with van der Waals surface area (Å²) in [6, 6.07) is 8.90. The van der Waals surface area contributed by atoms with E-state index in [1.165, 1.54) is 7.11 Å². The molecule has 0 aliphatic rings. The first-order chi connectivity index (χ1) is 11.2. The van der Waals surface area contributed by atoms with Gasteiger partial charge in [0.2, 0.25) is 0 Å². The number of nitrogens with one attached hydrogen (secondary N) is 1. The Morgan fingerprint density at radius 3 is 2.91 bits per heavy atom. The molecule has 1 amide bonds. The van der Waals surface area contributed by atoms with E-state index in [0.717, 1.165) is 16.0 Å². The summed E-state index contributed by atoms with van der Waals surface area (Å²) >= 11 is 7.54. The molecule has 6 heteroatoms. The first-order valence-corrected chi connectivity index (χ1v) is 8.15. The third kappa shape index (κ3) is 3.57. The van der Waals surface area contributed by atoms with Crippen LogP contribution in [0.2, 0.25) is 5.02 Å². The van der Waals surface area contributed by atoms with E-state index in [1.807, 2.05) is 17.5 Å². The minimum atomic E-state index is -0.220. The predicted molar refractivity (Wildman–Crippen MR) is 91.2 cm³/mol. The second-order valence-corrected chi connectivity index (χ2v) is 6.27. The molecule has 0 saturated carbocycles. The Morgan fingerprint density at radius 2 is 2.17 bits per heavy atom. The van der Waals surface area contributed by atoms with Crippen molar-refractivity contribution >= 4 is 28.8 Å². The molecule has 0 unspecified atom stereocenters. The summed E-state index contributed by atoms with van der Waals surface area (Å²) in [4.78, 5) is 13.4. The minimum absolute atomic E-state index is 0.220. The fourth-order valence-corrected chi connectivity index (χ4v) is 3.18. The molecule has 0 saturated heterocycles. The average molecular weight is 348 g/mol. The van der Waals surface area contributed by atoms with Crippen LogP contribution in [-0.2, 0) is 6.54 Å². The van der Waals surface area contributed by atoms with Crippen molar-refractivity contribution in [3.63, 3.8) is 0 Å². The van der Waals surface area contributed by atoms with Gasteiger partial charge in [-0.3, -0.25) is 4.79 Å². The maximum atomic E-state index is 12.3. The molecule has 0 spiro atoms. The SMILES string of the molecule is COc1ccc(Cl)cc1C(=O)NCc1cc(-c2ccoc2)cs1. The van der Waals surface area contributed by atoms with E-state index in [-0.39, 0.29) is 5.91 Å². The van der Waals surface area contributed by atoms with Gasteiger partial charge >= 0.3 is 0 Å². The molecule has 1 aromatic carbocycles. The van der Waals surface area contributed by atoms with Crippen molar-refractivity contribution in [1.29, 1.82) is 0 Å². The minimum Gasteiger partial charge on any atom is -0.496 e. The van der Waals surface area contributed by atoms with Crippen molar-refractivity contribution in [3.05, 3.63) is 63.7 Å². The van der Waals surface area contributed by atoms with E-state index in [0.29, 0.717) is 22.9 Å². The Kier molecular flexibility index (Phi) is 4.69. The maximum absolute atomic E-state index is 12.3. The third-order valence-corrected chi connectivity index (χ3v) is 4.51. The van der Waals surface area contributed by atoms with Crippen LogP contribution in [0.15, 0.2) is 52.7 Å². The molecule has 0 fully saturated rings. The van der Waals surface area contributed by atoms with Crippen molar-refractivity contribution in [2.75, 3.05) is 7.11 Å². The summed E-state index contributed by atoms with van der Waals surface area (Å²) in [5.41, 5.74) is 2.52. The van der Waals surface area contributed by atoms with Crippen molar-refractivity contribution in [2.24, 2.45) is 0 Å². The number of methoxy groups -OCH3 is 1. The standard InChI is InChI=1S/C17H14ClNO3S/c1-21-16-3-2-13(18)7-15(16)17(20)19-8-14-6-12(10-23-14)11-4-5-22-9-11/h2-7,9-10H,8H2,1H3,(H,19,20). The Hall–Kier alpha value is -2.24. The maximum Gasteiger partial charge on any atom is 0.255 e. The molecule has 2 heterocycles. The molecule has 1 N–H and O–H groups in total. The quantitative estimate of drug-likeness (QED) is 0.733. The van der Waals surface area contributed by atoms with Crippen LogP contribution < -0.4 is 10.1 Å². The summed E-state index contributed by atoms with van der Waals surface area (Å²) in [5.74, 6) is 0.278. The molecule has 0 bridgehead atoms. The second kappa shape index (κ2) is 6.89. The summed E-state index contributed by atoms with van der Waals surface area (Å²) < 4.78 is 10.3. The summed E-state index contributed by atoms with van der Waals surface area (Å²) in [7, 11) is 1.52. The van der Waals surface area contributed by atoms with E-state index in [1.54, 1.807) is 42.1 Å². The summed E-state index contributed by atoms with van der Waals surface area (Å²) in [5, 5.41) is 5.41. The number of halogens is 1. The molecule has 3 aromatic rings. The molecule has 118 valence electrons. The van der Waals surface area contributed by atoms with Gasteiger partial charge in [-0.1, -0.05) is 11.6 Å². The summed E-state index contributed by atoms with van der Waals surface area (Å²) in [6.45, 7) is 0.441. The van der Waals surface area contributed by atoms with Gasteiger partial charge in [-0.15, -0.1) is 11.3 Å². The number of hydrogen-bond donors (Lipinski definition) is 1. The highest BCUT2D eigenvalue weighted by molar-refractivity contribution is 7.10.